The third kappa shape index (κ3) is 4.24. The molecule has 0 aliphatic carbocycles. The molecule has 3 nitrogen and oxygen atoms in total. The molecule has 2 aromatic heterocycles. The lowest BCUT2D eigenvalue weighted by Gasteiger charge is -2.18. The van der Waals surface area contributed by atoms with E-state index in [0.29, 0.717) is 0 Å². The number of carbonyl (C=O) groups is 1. The van der Waals surface area contributed by atoms with E-state index in [9.17, 15) is 9.18 Å². The number of amides is 1. The number of thiophene rings is 1. The van der Waals surface area contributed by atoms with Crippen molar-refractivity contribution < 1.29 is 9.18 Å². The van der Waals surface area contributed by atoms with Crippen molar-refractivity contribution in [3.63, 3.8) is 0 Å². The van der Waals surface area contributed by atoms with Gasteiger partial charge in [-0.3, -0.25) is 9.78 Å². The number of hydrogen-bond donors (Lipinski definition) is 1. The Morgan fingerprint density at radius 2 is 1.89 bits per heavy atom. The van der Waals surface area contributed by atoms with E-state index in [0.717, 1.165) is 26.2 Å². The topological polar surface area (TPSA) is 42.0 Å². The number of halogens is 1. The molecule has 0 bridgehead atoms. The number of para-hydroxylation sites is 1. The molecule has 1 amide bonds. The second kappa shape index (κ2) is 8.54. The molecule has 0 aliphatic heterocycles. The van der Waals surface area contributed by atoms with E-state index in [1.807, 2.05) is 47.8 Å². The molecule has 4 rings (SSSR count). The second-order valence-corrected chi connectivity index (χ2v) is 8.18. The molecule has 2 heterocycles. The van der Waals surface area contributed by atoms with E-state index in [1.54, 1.807) is 29.7 Å². The Hall–Kier alpha value is -2.70. The van der Waals surface area contributed by atoms with Crippen LogP contribution in [0.3, 0.4) is 0 Å². The number of pyridine rings is 1. The van der Waals surface area contributed by atoms with Gasteiger partial charge in [-0.15, -0.1) is 23.1 Å². The molecular weight excluding hydrogens is 391 g/mol. The lowest BCUT2D eigenvalue weighted by atomic mass is 10.1. The predicted molar refractivity (Wildman–Crippen MR) is 113 cm³/mol. The first-order chi connectivity index (χ1) is 13.7. The summed E-state index contributed by atoms with van der Waals surface area (Å²) in [7, 11) is 0. The molecule has 0 spiro atoms. The Morgan fingerprint density at radius 3 is 2.68 bits per heavy atom. The minimum atomic E-state index is -0.292. The molecule has 1 atom stereocenters. The van der Waals surface area contributed by atoms with Gasteiger partial charge >= 0.3 is 0 Å². The second-order valence-electron chi connectivity index (χ2n) is 6.18. The van der Waals surface area contributed by atoms with Crippen molar-refractivity contribution in [2.75, 3.05) is 5.75 Å². The Bertz CT molecular complexity index is 1080. The summed E-state index contributed by atoms with van der Waals surface area (Å²) in [5.41, 5.74) is 1.77. The zero-order valence-corrected chi connectivity index (χ0v) is 16.5. The maximum absolute atomic E-state index is 13.3. The van der Waals surface area contributed by atoms with Crippen LogP contribution >= 0.6 is 23.1 Å². The summed E-state index contributed by atoms with van der Waals surface area (Å²) in [6.07, 6.45) is 1.76. The van der Waals surface area contributed by atoms with Crippen molar-refractivity contribution in [2.45, 2.75) is 10.9 Å². The average Bonchev–Trinajstić information content (AvgIpc) is 3.26. The summed E-state index contributed by atoms with van der Waals surface area (Å²) in [6, 6.07) is 19.7. The highest BCUT2D eigenvalue weighted by Gasteiger charge is 2.18. The van der Waals surface area contributed by atoms with Gasteiger partial charge in [0.05, 0.1) is 17.3 Å². The first kappa shape index (κ1) is 18.7. The lowest BCUT2D eigenvalue weighted by Crippen LogP contribution is -2.30. The first-order valence-corrected chi connectivity index (χ1v) is 10.6. The largest absolute Gasteiger partial charge is 0.344 e. The van der Waals surface area contributed by atoms with Gasteiger partial charge in [-0.2, -0.15) is 0 Å². The molecule has 0 saturated carbocycles. The third-order valence-electron chi connectivity index (χ3n) is 4.30. The summed E-state index contributed by atoms with van der Waals surface area (Å²) in [5.74, 6) is -0.0781. The number of benzene rings is 2. The van der Waals surface area contributed by atoms with Crippen LogP contribution in [0.2, 0.25) is 0 Å². The van der Waals surface area contributed by atoms with Crippen LogP contribution in [0.1, 0.15) is 16.5 Å². The fourth-order valence-electron chi connectivity index (χ4n) is 2.97. The average molecular weight is 409 g/mol. The first-order valence-electron chi connectivity index (χ1n) is 8.75. The van der Waals surface area contributed by atoms with Gasteiger partial charge in [0.25, 0.3) is 0 Å². The Labute approximate surface area is 170 Å². The third-order valence-corrected chi connectivity index (χ3v) is 6.31. The number of hydrogen-bond acceptors (Lipinski definition) is 4. The van der Waals surface area contributed by atoms with Crippen molar-refractivity contribution in [1.29, 1.82) is 0 Å². The summed E-state index contributed by atoms with van der Waals surface area (Å²) in [5, 5.41) is 6.09. The van der Waals surface area contributed by atoms with Crippen molar-refractivity contribution >= 4 is 39.9 Å². The van der Waals surface area contributed by atoms with Crippen LogP contribution < -0.4 is 5.32 Å². The SMILES string of the molecule is O=C(CSc1ccnc2ccccc12)NC(c1ccc(F)cc1)c1cccs1. The molecule has 0 radical (unpaired) electrons. The highest BCUT2D eigenvalue weighted by Crippen LogP contribution is 2.28. The fraction of sp³-hybridized carbons (Fsp3) is 0.0909. The van der Waals surface area contributed by atoms with E-state index in [-0.39, 0.29) is 23.5 Å². The van der Waals surface area contributed by atoms with Gasteiger partial charge in [0, 0.05) is 21.4 Å². The van der Waals surface area contributed by atoms with Gasteiger partial charge in [0.2, 0.25) is 5.91 Å². The van der Waals surface area contributed by atoms with Gasteiger partial charge in [0.1, 0.15) is 5.82 Å². The number of thioether (sulfide) groups is 1. The smallest absolute Gasteiger partial charge is 0.231 e. The number of nitrogens with one attached hydrogen (secondary N) is 1. The van der Waals surface area contributed by atoms with Crippen LogP contribution in [0.4, 0.5) is 4.39 Å². The van der Waals surface area contributed by atoms with E-state index < -0.39 is 0 Å². The monoisotopic (exact) mass is 408 g/mol. The number of aromatic nitrogens is 1. The minimum absolute atomic E-state index is 0.0754. The Kier molecular flexibility index (Phi) is 5.69. The standard InChI is InChI=1S/C22H17FN2OS2/c23-16-9-7-15(8-10-16)22(20-6-3-13-27-20)25-21(26)14-28-19-11-12-24-18-5-2-1-4-17(18)19/h1-13,22H,14H2,(H,25,26). The predicted octanol–water partition coefficient (Wildman–Crippen LogP) is 5.43. The zero-order chi connectivity index (χ0) is 19.3. The normalized spacial score (nSPS) is 12.0. The Morgan fingerprint density at radius 1 is 1.07 bits per heavy atom. The fourth-order valence-corrected chi connectivity index (χ4v) is 4.63. The van der Waals surface area contributed by atoms with Crippen LogP contribution in [0.5, 0.6) is 0 Å². The van der Waals surface area contributed by atoms with Gasteiger partial charge in [0.15, 0.2) is 0 Å². The lowest BCUT2D eigenvalue weighted by molar-refractivity contribution is -0.119. The Balaban J connectivity index is 1.49. The molecule has 0 saturated heterocycles. The van der Waals surface area contributed by atoms with Crippen molar-refractivity contribution in [1.82, 2.24) is 10.3 Å². The summed E-state index contributed by atoms with van der Waals surface area (Å²) < 4.78 is 13.3. The van der Waals surface area contributed by atoms with E-state index in [4.69, 9.17) is 0 Å². The van der Waals surface area contributed by atoms with Crippen LogP contribution in [-0.2, 0) is 4.79 Å². The summed E-state index contributed by atoms with van der Waals surface area (Å²) >= 11 is 3.05. The highest BCUT2D eigenvalue weighted by molar-refractivity contribution is 8.00. The van der Waals surface area contributed by atoms with E-state index in [1.165, 1.54) is 23.9 Å². The number of nitrogens with zero attached hydrogens (tertiary/aromatic N) is 1. The van der Waals surface area contributed by atoms with Crippen LogP contribution in [0.25, 0.3) is 10.9 Å². The van der Waals surface area contributed by atoms with Gasteiger partial charge in [-0.05, 0) is 41.3 Å². The number of fused-ring (bicyclic) bond motifs is 1. The zero-order valence-electron chi connectivity index (χ0n) is 14.8. The molecule has 1 unspecified atom stereocenters. The van der Waals surface area contributed by atoms with E-state index in [2.05, 4.69) is 10.3 Å². The van der Waals surface area contributed by atoms with Crippen LogP contribution in [0.15, 0.2) is 83.2 Å². The van der Waals surface area contributed by atoms with Gasteiger partial charge in [-0.25, -0.2) is 4.39 Å². The van der Waals surface area contributed by atoms with Crippen LogP contribution in [-0.4, -0.2) is 16.6 Å². The van der Waals surface area contributed by atoms with Crippen molar-refractivity contribution in [2.24, 2.45) is 0 Å². The number of rotatable bonds is 6. The minimum Gasteiger partial charge on any atom is -0.344 e. The van der Waals surface area contributed by atoms with Gasteiger partial charge < -0.3 is 5.32 Å². The molecular formula is C22H17FN2OS2. The molecule has 0 fully saturated rings. The molecule has 2 aromatic carbocycles. The molecule has 140 valence electrons. The van der Waals surface area contributed by atoms with Crippen molar-refractivity contribution in [3.05, 3.63) is 94.6 Å². The molecule has 0 aliphatic rings. The van der Waals surface area contributed by atoms with Crippen LogP contribution in [0, 0.1) is 5.82 Å². The maximum atomic E-state index is 13.3. The quantitative estimate of drug-likeness (QED) is 0.432. The highest BCUT2D eigenvalue weighted by atomic mass is 32.2. The molecule has 1 N–H and O–H groups in total. The molecule has 4 aromatic rings. The van der Waals surface area contributed by atoms with Gasteiger partial charge in [-0.1, -0.05) is 36.4 Å². The number of carbonyl (C=O) groups excluding carboxylic acids is 1. The summed E-state index contributed by atoms with van der Waals surface area (Å²) in [4.78, 5) is 19.1. The van der Waals surface area contributed by atoms with Crippen molar-refractivity contribution in [3.8, 4) is 0 Å². The molecule has 28 heavy (non-hydrogen) atoms. The molecule has 6 heteroatoms. The van der Waals surface area contributed by atoms with E-state index >= 15 is 0 Å². The maximum Gasteiger partial charge on any atom is 0.231 e. The summed E-state index contributed by atoms with van der Waals surface area (Å²) in [6.45, 7) is 0.